The van der Waals surface area contributed by atoms with Crippen LogP contribution in [0, 0.1) is 5.92 Å². The first-order chi connectivity index (χ1) is 11.1. The summed E-state index contributed by atoms with van der Waals surface area (Å²) in [5.74, 6) is 0.439. The van der Waals surface area contributed by atoms with Gasteiger partial charge in [0.1, 0.15) is 0 Å². The number of hydrogen-bond donors (Lipinski definition) is 1. The van der Waals surface area contributed by atoms with E-state index in [1.54, 1.807) is 16.0 Å². The third kappa shape index (κ3) is 3.99. The molecule has 2 aromatic rings. The molecule has 0 unspecified atom stereocenters. The Labute approximate surface area is 153 Å². The summed E-state index contributed by atoms with van der Waals surface area (Å²) in [6.45, 7) is 6.46. The molecular weight excluding hydrogens is 344 g/mol. The van der Waals surface area contributed by atoms with Crippen LogP contribution in [0.1, 0.15) is 30.2 Å². The zero-order chi connectivity index (χ0) is 16.4. The van der Waals surface area contributed by atoms with Crippen LogP contribution >= 0.6 is 23.7 Å². The molecule has 1 aliphatic rings. The minimum atomic E-state index is -0.0124. The van der Waals surface area contributed by atoms with Gasteiger partial charge in [0.05, 0.1) is 18.7 Å². The topological polar surface area (TPSA) is 50.2 Å². The normalized spacial score (nSPS) is 20.2. The number of hydrogen-bond acceptors (Lipinski definition) is 4. The summed E-state index contributed by atoms with van der Waals surface area (Å²) < 4.78 is 1.81. The van der Waals surface area contributed by atoms with Crippen molar-refractivity contribution in [3.8, 4) is 0 Å². The smallest absolute Gasteiger partial charge is 0.228 e. The van der Waals surface area contributed by atoms with Crippen LogP contribution in [0.5, 0.6) is 0 Å². The number of carbonyl (C=O) groups excluding carboxylic acids is 1. The minimum Gasteiger partial charge on any atom is -0.335 e. The number of nitrogens with one attached hydrogen (secondary N) is 1. The Bertz CT molecular complexity index is 655. The van der Waals surface area contributed by atoms with E-state index in [9.17, 15) is 4.79 Å². The van der Waals surface area contributed by atoms with Gasteiger partial charge >= 0.3 is 0 Å². The summed E-state index contributed by atoms with van der Waals surface area (Å²) >= 11 is 1.71. The summed E-state index contributed by atoms with van der Waals surface area (Å²) in [6, 6.07) is 4.33. The maximum absolute atomic E-state index is 13.2. The second kappa shape index (κ2) is 8.14. The Hall–Kier alpha value is -1.37. The van der Waals surface area contributed by atoms with Crippen LogP contribution in [0.25, 0.3) is 0 Å². The summed E-state index contributed by atoms with van der Waals surface area (Å²) in [4.78, 5) is 16.4. The third-order valence-electron chi connectivity index (χ3n) is 4.50. The van der Waals surface area contributed by atoms with E-state index in [1.165, 1.54) is 4.88 Å². The second-order valence-electron chi connectivity index (χ2n) is 6.46. The van der Waals surface area contributed by atoms with Gasteiger partial charge in [-0.05, 0) is 30.9 Å². The highest BCUT2D eigenvalue weighted by atomic mass is 35.5. The van der Waals surface area contributed by atoms with Crippen molar-refractivity contribution in [2.75, 3.05) is 13.1 Å². The molecule has 1 aliphatic heterocycles. The lowest BCUT2D eigenvalue weighted by Gasteiger charge is -2.30. The van der Waals surface area contributed by atoms with Gasteiger partial charge in [0.15, 0.2) is 0 Å². The number of aryl methyl sites for hydroxylation is 1. The van der Waals surface area contributed by atoms with Gasteiger partial charge in [0.25, 0.3) is 0 Å². The first-order valence-corrected chi connectivity index (χ1v) is 8.96. The van der Waals surface area contributed by atoms with Crippen LogP contribution in [0.2, 0.25) is 0 Å². The molecule has 0 spiro atoms. The number of rotatable bonds is 5. The summed E-state index contributed by atoms with van der Waals surface area (Å²) in [5.41, 5.74) is 1.15. The van der Waals surface area contributed by atoms with E-state index < -0.39 is 0 Å². The Morgan fingerprint density at radius 2 is 2.29 bits per heavy atom. The van der Waals surface area contributed by atoms with Gasteiger partial charge in [-0.1, -0.05) is 6.07 Å². The molecule has 7 heteroatoms. The van der Waals surface area contributed by atoms with Gasteiger partial charge in [-0.25, -0.2) is 0 Å². The molecule has 1 N–H and O–H groups in total. The molecule has 0 aromatic carbocycles. The summed E-state index contributed by atoms with van der Waals surface area (Å²) in [6.07, 6.45) is 3.91. The highest BCUT2D eigenvalue weighted by Crippen LogP contribution is 2.30. The standard InChI is InChI=1S/C17H24N4OS.ClH/c1-12(2)21(11-14-5-4-6-23-14)17(22)16-9-18-8-15(16)13-7-19-20(3)10-13;/h4-7,10,12,15-16,18H,8-9,11H2,1-3H3;1H/t15-,16+;/m1./s1. The van der Waals surface area contributed by atoms with E-state index in [2.05, 4.69) is 35.7 Å². The van der Waals surface area contributed by atoms with Gasteiger partial charge < -0.3 is 10.2 Å². The Morgan fingerprint density at radius 3 is 2.88 bits per heavy atom. The van der Waals surface area contributed by atoms with Crippen molar-refractivity contribution in [1.82, 2.24) is 20.0 Å². The SMILES string of the molecule is CC(C)N(Cc1cccs1)C(=O)[C@H]1CNC[C@@H]1c1cnn(C)c1.Cl. The summed E-state index contributed by atoms with van der Waals surface area (Å²) in [7, 11) is 1.92. The second-order valence-corrected chi connectivity index (χ2v) is 7.49. The van der Waals surface area contributed by atoms with E-state index >= 15 is 0 Å². The Morgan fingerprint density at radius 1 is 1.50 bits per heavy atom. The number of aromatic nitrogens is 2. The van der Waals surface area contributed by atoms with E-state index in [4.69, 9.17) is 0 Å². The lowest BCUT2D eigenvalue weighted by molar-refractivity contribution is -0.137. The maximum Gasteiger partial charge on any atom is 0.228 e. The molecule has 2 atom stereocenters. The van der Waals surface area contributed by atoms with Gasteiger partial charge in [-0.3, -0.25) is 9.48 Å². The van der Waals surface area contributed by atoms with Crippen LogP contribution in [-0.2, 0) is 18.4 Å². The van der Waals surface area contributed by atoms with E-state index in [0.29, 0.717) is 6.54 Å². The van der Waals surface area contributed by atoms with E-state index in [-0.39, 0.29) is 36.2 Å². The molecule has 132 valence electrons. The predicted molar refractivity (Wildman–Crippen MR) is 99.6 cm³/mol. The van der Waals surface area contributed by atoms with Crippen LogP contribution in [0.3, 0.4) is 0 Å². The molecule has 0 radical (unpaired) electrons. The molecule has 0 saturated carbocycles. The fourth-order valence-electron chi connectivity index (χ4n) is 3.22. The first-order valence-electron chi connectivity index (χ1n) is 8.08. The van der Waals surface area contributed by atoms with Crippen LogP contribution in [0.15, 0.2) is 29.9 Å². The molecule has 3 rings (SSSR count). The third-order valence-corrected chi connectivity index (χ3v) is 5.36. The number of carbonyl (C=O) groups is 1. The van der Waals surface area contributed by atoms with E-state index in [1.807, 2.05) is 30.4 Å². The average molecular weight is 369 g/mol. The summed E-state index contributed by atoms with van der Waals surface area (Å²) in [5, 5.41) is 9.71. The molecule has 2 aromatic heterocycles. The highest BCUT2D eigenvalue weighted by molar-refractivity contribution is 7.09. The van der Waals surface area contributed by atoms with Crippen molar-refractivity contribution in [3.63, 3.8) is 0 Å². The monoisotopic (exact) mass is 368 g/mol. The van der Waals surface area contributed by atoms with Crippen molar-refractivity contribution in [2.24, 2.45) is 13.0 Å². The Kier molecular flexibility index (Phi) is 6.43. The molecule has 1 fully saturated rings. The van der Waals surface area contributed by atoms with Gasteiger partial charge in [0.2, 0.25) is 5.91 Å². The quantitative estimate of drug-likeness (QED) is 0.882. The fraction of sp³-hybridized carbons (Fsp3) is 0.529. The lowest BCUT2D eigenvalue weighted by Crippen LogP contribution is -2.42. The Balaban J connectivity index is 0.00000208. The van der Waals surface area contributed by atoms with Crippen LogP contribution in [0.4, 0.5) is 0 Å². The van der Waals surface area contributed by atoms with Crippen molar-refractivity contribution in [2.45, 2.75) is 32.4 Å². The zero-order valence-electron chi connectivity index (χ0n) is 14.3. The van der Waals surface area contributed by atoms with Crippen LogP contribution < -0.4 is 5.32 Å². The van der Waals surface area contributed by atoms with Crippen molar-refractivity contribution in [1.29, 1.82) is 0 Å². The highest BCUT2D eigenvalue weighted by Gasteiger charge is 2.37. The van der Waals surface area contributed by atoms with E-state index in [0.717, 1.165) is 18.7 Å². The maximum atomic E-state index is 13.2. The molecule has 3 heterocycles. The van der Waals surface area contributed by atoms with Crippen LogP contribution in [-0.4, -0.2) is 39.7 Å². The minimum absolute atomic E-state index is 0. The average Bonchev–Trinajstić information content (AvgIpc) is 3.24. The fourth-order valence-corrected chi connectivity index (χ4v) is 3.92. The number of thiophene rings is 1. The van der Waals surface area contributed by atoms with Crippen molar-refractivity contribution >= 4 is 29.7 Å². The van der Waals surface area contributed by atoms with Crippen molar-refractivity contribution < 1.29 is 4.79 Å². The molecule has 0 bridgehead atoms. The lowest BCUT2D eigenvalue weighted by atomic mass is 9.89. The van der Waals surface area contributed by atoms with Crippen molar-refractivity contribution in [3.05, 3.63) is 40.3 Å². The first kappa shape index (κ1) is 19.0. The number of nitrogens with zero attached hydrogens (tertiary/aromatic N) is 3. The molecule has 5 nitrogen and oxygen atoms in total. The molecule has 1 saturated heterocycles. The van der Waals surface area contributed by atoms with Gasteiger partial charge in [0, 0.05) is 43.2 Å². The van der Waals surface area contributed by atoms with Gasteiger partial charge in [-0.15, -0.1) is 23.7 Å². The molecule has 0 aliphatic carbocycles. The number of halogens is 1. The number of amides is 1. The predicted octanol–water partition coefficient (Wildman–Crippen LogP) is 2.64. The largest absolute Gasteiger partial charge is 0.335 e. The van der Waals surface area contributed by atoms with Gasteiger partial charge in [-0.2, -0.15) is 5.10 Å². The molecular formula is C17H25ClN4OS. The molecule has 1 amide bonds. The molecule has 24 heavy (non-hydrogen) atoms. The zero-order valence-corrected chi connectivity index (χ0v) is 15.9.